The summed E-state index contributed by atoms with van der Waals surface area (Å²) in [4.78, 5) is 22.6. The fourth-order valence-corrected chi connectivity index (χ4v) is 0.985. The molecule has 0 radical (unpaired) electrons. The van der Waals surface area contributed by atoms with Gasteiger partial charge in [-0.05, 0) is 5.92 Å². The predicted molar refractivity (Wildman–Crippen MR) is 66.9 cm³/mol. The Hall–Kier alpha value is -0.880. The van der Waals surface area contributed by atoms with Crippen molar-refractivity contribution in [3.63, 3.8) is 0 Å². The third-order valence-corrected chi connectivity index (χ3v) is 2.20. The summed E-state index contributed by atoms with van der Waals surface area (Å²) in [5, 5.41) is 5.03. The lowest BCUT2D eigenvalue weighted by atomic mass is 10.1. The van der Waals surface area contributed by atoms with Crippen LogP contribution in [-0.2, 0) is 9.59 Å². The third kappa shape index (κ3) is 6.58. The highest BCUT2D eigenvalue weighted by atomic mass is 79.9. The average Bonchev–Trinajstić information content (AvgIpc) is 2.21. The van der Waals surface area contributed by atoms with E-state index in [1.54, 1.807) is 0 Å². The predicted octanol–water partition coefficient (Wildman–Crippen LogP) is 0.111. The van der Waals surface area contributed by atoms with Crippen molar-refractivity contribution < 1.29 is 9.59 Å². The zero-order chi connectivity index (χ0) is 12.7. The third-order valence-electron chi connectivity index (χ3n) is 1.92. The molecule has 6 heteroatoms. The van der Waals surface area contributed by atoms with E-state index in [-0.39, 0.29) is 24.3 Å². The number of halogens is 1. The van der Waals surface area contributed by atoms with Gasteiger partial charge in [-0.3, -0.25) is 9.59 Å². The van der Waals surface area contributed by atoms with Crippen molar-refractivity contribution in [2.24, 2.45) is 11.7 Å². The van der Waals surface area contributed by atoms with Crippen molar-refractivity contribution in [3.05, 3.63) is 11.1 Å². The SMILES string of the molecule is C=C(Br)CNC(=O)CNC(=O)[C@@H](N)C(C)C. The molecule has 5 nitrogen and oxygen atoms in total. The standard InChI is InChI=1S/C10H18BrN3O2/c1-6(2)9(12)10(16)14-5-8(15)13-4-7(3)11/h6,9H,3-5,12H2,1-2H3,(H,13,15)(H,14,16)/t9-/m0/s1. The maximum atomic E-state index is 11.4. The minimum absolute atomic E-state index is 0.0466. The first kappa shape index (κ1) is 15.1. The maximum Gasteiger partial charge on any atom is 0.239 e. The molecule has 2 amide bonds. The number of hydrogen-bond acceptors (Lipinski definition) is 3. The lowest BCUT2D eigenvalue weighted by Crippen LogP contribution is -2.47. The number of rotatable bonds is 6. The second kappa shape index (κ2) is 7.40. The molecule has 0 aromatic rings. The Morgan fingerprint density at radius 2 is 1.88 bits per heavy atom. The molecule has 0 fully saturated rings. The monoisotopic (exact) mass is 291 g/mol. The molecule has 0 spiro atoms. The highest BCUT2D eigenvalue weighted by molar-refractivity contribution is 9.11. The molecule has 0 rings (SSSR count). The van der Waals surface area contributed by atoms with Crippen LogP contribution in [0, 0.1) is 5.92 Å². The average molecular weight is 292 g/mol. The van der Waals surface area contributed by atoms with Crippen molar-refractivity contribution in [2.45, 2.75) is 19.9 Å². The van der Waals surface area contributed by atoms with Crippen LogP contribution in [0.4, 0.5) is 0 Å². The smallest absolute Gasteiger partial charge is 0.239 e. The van der Waals surface area contributed by atoms with Crippen LogP contribution >= 0.6 is 15.9 Å². The Balaban J connectivity index is 3.83. The number of nitrogens with one attached hydrogen (secondary N) is 2. The zero-order valence-corrected chi connectivity index (χ0v) is 11.1. The van der Waals surface area contributed by atoms with E-state index in [0.29, 0.717) is 11.0 Å². The summed E-state index contributed by atoms with van der Waals surface area (Å²) in [6.07, 6.45) is 0. The number of carbonyl (C=O) groups excluding carboxylic acids is 2. The first-order valence-electron chi connectivity index (χ1n) is 4.98. The van der Waals surface area contributed by atoms with Crippen LogP contribution in [0.1, 0.15) is 13.8 Å². The summed E-state index contributed by atoms with van der Waals surface area (Å²) < 4.78 is 0.672. The minimum atomic E-state index is -0.584. The Labute approximate surface area is 104 Å². The van der Waals surface area contributed by atoms with Gasteiger partial charge in [-0.25, -0.2) is 0 Å². The molecule has 0 aromatic heterocycles. The molecule has 0 aliphatic rings. The summed E-state index contributed by atoms with van der Waals surface area (Å²) in [5.41, 5.74) is 5.60. The largest absolute Gasteiger partial charge is 0.350 e. The molecule has 1 atom stereocenters. The Morgan fingerprint density at radius 1 is 1.31 bits per heavy atom. The van der Waals surface area contributed by atoms with Gasteiger partial charge in [0.15, 0.2) is 0 Å². The lowest BCUT2D eigenvalue weighted by Gasteiger charge is -2.15. The fraction of sp³-hybridized carbons (Fsp3) is 0.600. The molecule has 0 aliphatic heterocycles. The van der Waals surface area contributed by atoms with Gasteiger partial charge >= 0.3 is 0 Å². The molecule has 0 aromatic carbocycles. The summed E-state index contributed by atoms with van der Waals surface area (Å²) in [7, 11) is 0. The molecule has 16 heavy (non-hydrogen) atoms. The van der Waals surface area contributed by atoms with E-state index in [1.807, 2.05) is 13.8 Å². The van der Waals surface area contributed by atoms with E-state index in [1.165, 1.54) is 0 Å². The zero-order valence-electron chi connectivity index (χ0n) is 9.55. The van der Waals surface area contributed by atoms with Gasteiger partial charge in [0, 0.05) is 11.0 Å². The van der Waals surface area contributed by atoms with Crippen LogP contribution in [-0.4, -0.2) is 30.9 Å². The number of carbonyl (C=O) groups is 2. The summed E-state index contributed by atoms with van der Waals surface area (Å²) in [5.74, 6) is -0.543. The van der Waals surface area contributed by atoms with Crippen molar-refractivity contribution in [1.82, 2.24) is 10.6 Å². The maximum absolute atomic E-state index is 11.4. The Bertz CT molecular complexity index is 279. The Morgan fingerprint density at radius 3 is 2.31 bits per heavy atom. The molecule has 0 aliphatic carbocycles. The van der Waals surface area contributed by atoms with Gasteiger partial charge in [-0.2, -0.15) is 0 Å². The molecule has 92 valence electrons. The summed E-state index contributed by atoms with van der Waals surface area (Å²) >= 11 is 3.11. The molecular formula is C10H18BrN3O2. The molecular weight excluding hydrogens is 274 g/mol. The Kier molecular flexibility index (Phi) is 7.00. The molecule has 0 saturated heterocycles. The van der Waals surface area contributed by atoms with Crippen molar-refractivity contribution in [2.75, 3.05) is 13.1 Å². The number of amides is 2. The van der Waals surface area contributed by atoms with E-state index in [0.717, 1.165) is 0 Å². The molecule has 0 saturated carbocycles. The second-order valence-electron chi connectivity index (χ2n) is 3.78. The minimum Gasteiger partial charge on any atom is -0.350 e. The topological polar surface area (TPSA) is 84.2 Å². The van der Waals surface area contributed by atoms with Crippen LogP contribution in [0.2, 0.25) is 0 Å². The van der Waals surface area contributed by atoms with Gasteiger partial charge in [-0.15, -0.1) is 0 Å². The van der Waals surface area contributed by atoms with E-state index in [2.05, 4.69) is 33.1 Å². The molecule has 0 unspecified atom stereocenters. The van der Waals surface area contributed by atoms with E-state index < -0.39 is 6.04 Å². The van der Waals surface area contributed by atoms with Gasteiger partial charge in [0.25, 0.3) is 0 Å². The van der Waals surface area contributed by atoms with E-state index in [4.69, 9.17) is 5.73 Å². The highest BCUT2D eigenvalue weighted by Gasteiger charge is 2.17. The summed E-state index contributed by atoms with van der Waals surface area (Å²) in [6, 6.07) is -0.584. The van der Waals surface area contributed by atoms with Crippen LogP contribution < -0.4 is 16.4 Å². The lowest BCUT2D eigenvalue weighted by molar-refractivity contribution is -0.127. The molecule has 4 N–H and O–H groups in total. The van der Waals surface area contributed by atoms with Gasteiger partial charge in [0.2, 0.25) is 11.8 Å². The van der Waals surface area contributed by atoms with E-state index in [9.17, 15) is 9.59 Å². The van der Waals surface area contributed by atoms with Crippen LogP contribution in [0.3, 0.4) is 0 Å². The first-order chi connectivity index (χ1) is 7.34. The molecule has 0 heterocycles. The highest BCUT2D eigenvalue weighted by Crippen LogP contribution is 1.97. The normalized spacial score (nSPS) is 12.1. The van der Waals surface area contributed by atoms with E-state index >= 15 is 0 Å². The summed E-state index contributed by atoms with van der Waals surface area (Å²) in [6.45, 7) is 7.53. The van der Waals surface area contributed by atoms with Crippen LogP contribution in [0.5, 0.6) is 0 Å². The fourth-order valence-electron chi connectivity index (χ4n) is 0.845. The van der Waals surface area contributed by atoms with Crippen molar-refractivity contribution in [1.29, 1.82) is 0 Å². The van der Waals surface area contributed by atoms with Gasteiger partial charge < -0.3 is 16.4 Å². The van der Waals surface area contributed by atoms with Gasteiger partial charge in [0.05, 0.1) is 12.6 Å². The number of hydrogen-bond donors (Lipinski definition) is 3. The molecule has 0 bridgehead atoms. The van der Waals surface area contributed by atoms with Crippen molar-refractivity contribution in [3.8, 4) is 0 Å². The number of nitrogens with two attached hydrogens (primary N) is 1. The quantitative estimate of drug-likeness (QED) is 0.649. The van der Waals surface area contributed by atoms with Gasteiger partial charge in [-0.1, -0.05) is 36.4 Å². The van der Waals surface area contributed by atoms with Crippen LogP contribution in [0.25, 0.3) is 0 Å². The van der Waals surface area contributed by atoms with Crippen molar-refractivity contribution >= 4 is 27.7 Å². The first-order valence-corrected chi connectivity index (χ1v) is 5.77. The van der Waals surface area contributed by atoms with Crippen LogP contribution in [0.15, 0.2) is 11.1 Å². The van der Waals surface area contributed by atoms with Gasteiger partial charge in [0.1, 0.15) is 0 Å². The second-order valence-corrected chi connectivity index (χ2v) is 4.90.